The van der Waals surface area contributed by atoms with Crippen molar-refractivity contribution in [1.29, 1.82) is 0 Å². The summed E-state index contributed by atoms with van der Waals surface area (Å²) in [4.78, 5) is 14.1. The normalized spacial score (nSPS) is 12.2. The van der Waals surface area contributed by atoms with Gasteiger partial charge in [-0.1, -0.05) is 56.5 Å². The summed E-state index contributed by atoms with van der Waals surface area (Å²) >= 11 is 0. The summed E-state index contributed by atoms with van der Waals surface area (Å²) in [5.74, 6) is -0.109. The first-order chi connectivity index (χ1) is 9.70. The van der Waals surface area contributed by atoms with E-state index in [2.05, 4.69) is 6.92 Å². The number of aliphatic hydroxyl groups excluding tert-OH is 1. The average molecular weight is 278 g/mol. The number of benzene rings is 1. The van der Waals surface area contributed by atoms with Crippen molar-refractivity contribution in [2.45, 2.75) is 38.6 Å². The van der Waals surface area contributed by atoms with Crippen molar-refractivity contribution in [2.24, 2.45) is 5.73 Å². The molecule has 0 bridgehead atoms. The van der Waals surface area contributed by atoms with Gasteiger partial charge in [-0.15, -0.1) is 0 Å². The Kier molecular flexibility index (Phi) is 7.92. The highest BCUT2D eigenvalue weighted by atomic mass is 16.3. The third-order valence-corrected chi connectivity index (χ3v) is 3.39. The number of hydrogen-bond acceptors (Lipinski definition) is 3. The zero-order valence-electron chi connectivity index (χ0n) is 12.3. The number of hydrogen-bond donors (Lipinski definition) is 2. The number of rotatable bonds is 9. The molecule has 0 radical (unpaired) electrons. The molecule has 0 aliphatic rings. The van der Waals surface area contributed by atoms with Crippen LogP contribution in [0, 0.1) is 0 Å². The molecule has 1 atom stereocenters. The molecule has 0 aliphatic carbocycles. The van der Waals surface area contributed by atoms with Gasteiger partial charge in [0.25, 0.3) is 0 Å². The molecule has 1 rings (SSSR count). The minimum absolute atomic E-state index is 0.0268. The maximum atomic E-state index is 12.4. The molecule has 0 spiro atoms. The standard InChI is InChI=1S/C16H26N2O2/c1-2-3-4-8-11-18(12-13-19)16(20)15(17)14-9-6-5-7-10-14/h5-7,9-10,15,19H,2-4,8,11-13,17H2,1H3/t15-/m1/s1. The number of carbonyl (C=O) groups is 1. The quantitative estimate of drug-likeness (QED) is 0.680. The predicted octanol–water partition coefficient (Wildman–Crippen LogP) is 2.09. The van der Waals surface area contributed by atoms with Gasteiger partial charge in [0.15, 0.2) is 0 Å². The van der Waals surface area contributed by atoms with Gasteiger partial charge in [-0.25, -0.2) is 0 Å². The first kappa shape index (κ1) is 16.7. The number of carbonyl (C=O) groups excluding carboxylic acids is 1. The van der Waals surface area contributed by atoms with Crippen LogP contribution in [-0.4, -0.2) is 35.6 Å². The Bertz CT molecular complexity index is 381. The Morgan fingerprint density at radius 3 is 2.50 bits per heavy atom. The van der Waals surface area contributed by atoms with Gasteiger partial charge in [0, 0.05) is 13.1 Å². The van der Waals surface area contributed by atoms with Crippen molar-refractivity contribution in [2.75, 3.05) is 19.7 Å². The van der Waals surface area contributed by atoms with Crippen molar-refractivity contribution >= 4 is 5.91 Å². The Morgan fingerprint density at radius 2 is 1.90 bits per heavy atom. The Balaban J connectivity index is 2.58. The topological polar surface area (TPSA) is 66.6 Å². The van der Waals surface area contributed by atoms with E-state index in [0.717, 1.165) is 24.8 Å². The molecule has 4 heteroatoms. The van der Waals surface area contributed by atoms with Gasteiger partial charge in [-0.2, -0.15) is 0 Å². The molecule has 1 aromatic rings. The highest BCUT2D eigenvalue weighted by molar-refractivity contribution is 5.83. The Hall–Kier alpha value is -1.39. The molecule has 1 amide bonds. The van der Waals surface area contributed by atoms with Gasteiger partial charge < -0.3 is 15.7 Å². The molecule has 4 nitrogen and oxygen atoms in total. The SMILES string of the molecule is CCCCCCN(CCO)C(=O)[C@H](N)c1ccccc1. The van der Waals surface area contributed by atoms with Crippen LogP contribution in [0.4, 0.5) is 0 Å². The number of amides is 1. The van der Waals surface area contributed by atoms with Crippen LogP contribution >= 0.6 is 0 Å². The van der Waals surface area contributed by atoms with Crippen molar-refractivity contribution < 1.29 is 9.90 Å². The Morgan fingerprint density at radius 1 is 1.20 bits per heavy atom. The van der Waals surface area contributed by atoms with Crippen LogP contribution in [0.3, 0.4) is 0 Å². The summed E-state index contributed by atoms with van der Waals surface area (Å²) in [5, 5.41) is 9.11. The highest BCUT2D eigenvalue weighted by Gasteiger charge is 2.21. The maximum Gasteiger partial charge on any atom is 0.244 e. The Labute approximate surface area is 121 Å². The van der Waals surface area contributed by atoms with Crippen LogP contribution in [-0.2, 0) is 4.79 Å². The van der Waals surface area contributed by atoms with Crippen molar-refractivity contribution in [3.8, 4) is 0 Å². The molecule has 0 fully saturated rings. The lowest BCUT2D eigenvalue weighted by atomic mass is 10.1. The minimum atomic E-state index is -0.645. The third kappa shape index (κ3) is 5.31. The second kappa shape index (κ2) is 9.50. The lowest BCUT2D eigenvalue weighted by Crippen LogP contribution is -2.40. The molecular formula is C16H26N2O2. The van der Waals surface area contributed by atoms with E-state index in [-0.39, 0.29) is 12.5 Å². The van der Waals surface area contributed by atoms with Gasteiger partial charge in [0.1, 0.15) is 6.04 Å². The molecule has 3 N–H and O–H groups in total. The van der Waals surface area contributed by atoms with Crippen LogP contribution in [0.15, 0.2) is 30.3 Å². The second-order valence-corrected chi connectivity index (χ2v) is 5.00. The maximum absolute atomic E-state index is 12.4. The summed E-state index contributed by atoms with van der Waals surface area (Å²) in [6.45, 7) is 3.15. The summed E-state index contributed by atoms with van der Waals surface area (Å²) in [5.41, 5.74) is 6.84. The van der Waals surface area contributed by atoms with E-state index in [1.165, 1.54) is 6.42 Å². The lowest BCUT2D eigenvalue weighted by molar-refractivity contribution is -0.133. The van der Waals surface area contributed by atoms with E-state index in [4.69, 9.17) is 10.8 Å². The summed E-state index contributed by atoms with van der Waals surface area (Å²) in [7, 11) is 0. The number of aliphatic hydroxyl groups is 1. The molecule has 20 heavy (non-hydrogen) atoms. The van der Waals surface area contributed by atoms with Crippen LogP contribution in [0.5, 0.6) is 0 Å². The van der Waals surface area contributed by atoms with E-state index < -0.39 is 6.04 Å². The van der Waals surface area contributed by atoms with Crippen molar-refractivity contribution in [3.05, 3.63) is 35.9 Å². The number of unbranched alkanes of at least 4 members (excludes halogenated alkanes) is 3. The van der Waals surface area contributed by atoms with Gasteiger partial charge in [-0.3, -0.25) is 4.79 Å². The first-order valence-corrected chi connectivity index (χ1v) is 7.40. The first-order valence-electron chi connectivity index (χ1n) is 7.40. The van der Waals surface area contributed by atoms with Gasteiger partial charge in [0.05, 0.1) is 6.61 Å². The van der Waals surface area contributed by atoms with E-state index in [1.54, 1.807) is 4.90 Å². The monoisotopic (exact) mass is 278 g/mol. The van der Waals surface area contributed by atoms with Crippen molar-refractivity contribution in [1.82, 2.24) is 4.90 Å². The lowest BCUT2D eigenvalue weighted by Gasteiger charge is -2.25. The summed E-state index contributed by atoms with van der Waals surface area (Å²) < 4.78 is 0. The molecular weight excluding hydrogens is 252 g/mol. The fourth-order valence-corrected chi connectivity index (χ4v) is 2.18. The molecule has 0 aromatic heterocycles. The summed E-state index contributed by atoms with van der Waals surface area (Å²) in [6.07, 6.45) is 4.40. The molecule has 0 aliphatic heterocycles. The van der Waals surface area contributed by atoms with E-state index >= 15 is 0 Å². The molecule has 0 saturated heterocycles. The van der Waals surface area contributed by atoms with E-state index in [0.29, 0.717) is 13.1 Å². The van der Waals surface area contributed by atoms with Crippen LogP contribution in [0.2, 0.25) is 0 Å². The van der Waals surface area contributed by atoms with Crippen LogP contribution in [0.25, 0.3) is 0 Å². The number of nitrogens with two attached hydrogens (primary N) is 1. The molecule has 0 saturated carbocycles. The minimum Gasteiger partial charge on any atom is -0.395 e. The second-order valence-electron chi connectivity index (χ2n) is 5.00. The zero-order valence-corrected chi connectivity index (χ0v) is 12.3. The largest absolute Gasteiger partial charge is 0.395 e. The fraction of sp³-hybridized carbons (Fsp3) is 0.562. The van der Waals surface area contributed by atoms with E-state index in [1.807, 2.05) is 30.3 Å². The van der Waals surface area contributed by atoms with Gasteiger partial charge >= 0.3 is 0 Å². The highest BCUT2D eigenvalue weighted by Crippen LogP contribution is 2.13. The van der Waals surface area contributed by atoms with E-state index in [9.17, 15) is 4.79 Å². The molecule has 1 aromatic carbocycles. The molecule has 112 valence electrons. The zero-order chi connectivity index (χ0) is 14.8. The smallest absolute Gasteiger partial charge is 0.244 e. The third-order valence-electron chi connectivity index (χ3n) is 3.39. The van der Waals surface area contributed by atoms with Crippen LogP contribution < -0.4 is 5.73 Å². The van der Waals surface area contributed by atoms with Crippen molar-refractivity contribution in [3.63, 3.8) is 0 Å². The average Bonchev–Trinajstić information content (AvgIpc) is 2.50. The van der Waals surface area contributed by atoms with Crippen LogP contribution in [0.1, 0.15) is 44.2 Å². The van der Waals surface area contributed by atoms with Gasteiger partial charge in [0.2, 0.25) is 5.91 Å². The molecule has 0 unspecified atom stereocenters. The predicted molar refractivity (Wildman–Crippen MR) is 81.2 cm³/mol. The summed E-state index contributed by atoms with van der Waals surface area (Å²) in [6, 6.07) is 8.72. The number of nitrogens with zero attached hydrogens (tertiary/aromatic N) is 1. The van der Waals surface area contributed by atoms with Gasteiger partial charge in [-0.05, 0) is 12.0 Å². The molecule has 0 heterocycles. The fourth-order valence-electron chi connectivity index (χ4n) is 2.18.